The van der Waals surface area contributed by atoms with Crippen LogP contribution in [0.2, 0.25) is 0 Å². The van der Waals surface area contributed by atoms with Crippen LogP contribution < -0.4 is 4.74 Å². The van der Waals surface area contributed by atoms with Crippen LogP contribution in [0.5, 0.6) is 5.75 Å². The van der Waals surface area contributed by atoms with Crippen molar-refractivity contribution in [2.45, 2.75) is 25.2 Å². The lowest BCUT2D eigenvalue weighted by molar-refractivity contribution is -0.136. The molecule has 0 saturated carbocycles. The lowest BCUT2D eigenvalue weighted by Crippen LogP contribution is -2.12. The van der Waals surface area contributed by atoms with Gasteiger partial charge in [0.15, 0.2) is 0 Å². The maximum atomic E-state index is 10.7. The number of hydrogen-bond acceptors (Lipinski definition) is 3. The number of aliphatic carboxylic acids is 1. The molecule has 116 valence electrons. The number of thioether (sulfide) groups is 1. The number of carbonyl (C=O) groups is 1. The zero-order chi connectivity index (χ0) is 15.8. The molecule has 0 saturated heterocycles. The molecule has 2 rings (SSSR count). The molecular weight excluding hydrogens is 296 g/mol. The number of rotatable bonds is 8. The van der Waals surface area contributed by atoms with Gasteiger partial charge in [-0.1, -0.05) is 42.5 Å². The van der Waals surface area contributed by atoms with Crippen LogP contribution in [0, 0.1) is 0 Å². The quantitative estimate of drug-likeness (QED) is 0.799. The fraction of sp³-hybridized carbons (Fsp3) is 0.278. The fourth-order valence-corrected chi connectivity index (χ4v) is 2.77. The van der Waals surface area contributed by atoms with Crippen molar-refractivity contribution < 1.29 is 14.6 Å². The summed E-state index contributed by atoms with van der Waals surface area (Å²) in [6.45, 7) is 2.28. The van der Waals surface area contributed by atoms with Crippen molar-refractivity contribution in [3.63, 3.8) is 0 Å². The summed E-state index contributed by atoms with van der Waals surface area (Å²) in [5.41, 5.74) is 2.34. The minimum absolute atomic E-state index is 0.353. The predicted octanol–water partition coefficient (Wildman–Crippen LogP) is 4.01. The number of benzene rings is 2. The molecule has 0 radical (unpaired) electrons. The van der Waals surface area contributed by atoms with E-state index in [4.69, 9.17) is 9.84 Å². The molecule has 3 nitrogen and oxygen atoms in total. The fourth-order valence-electron chi connectivity index (χ4n) is 1.92. The van der Waals surface area contributed by atoms with Gasteiger partial charge in [0.1, 0.15) is 12.4 Å². The predicted molar refractivity (Wildman–Crippen MR) is 90.5 cm³/mol. The summed E-state index contributed by atoms with van der Waals surface area (Å²) < 4.78 is 5.74. The van der Waals surface area contributed by atoms with E-state index in [1.54, 1.807) is 6.92 Å². The first kappa shape index (κ1) is 16.4. The molecule has 4 heteroatoms. The molecule has 0 aliphatic rings. The van der Waals surface area contributed by atoms with Crippen LogP contribution in [0.4, 0.5) is 0 Å². The van der Waals surface area contributed by atoms with Crippen LogP contribution in [0.15, 0.2) is 54.6 Å². The largest absolute Gasteiger partial charge is 0.489 e. The lowest BCUT2D eigenvalue weighted by atomic mass is 10.2. The van der Waals surface area contributed by atoms with E-state index in [9.17, 15) is 4.79 Å². The third-order valence-corrected chi connectivity index (χ3v) is 4.42. The minimum Gasteiger partial charge on any atom is -0.489 e. The highest BCUT2D eigenvalue weighted by atomic mass is 32.2. The van der Waals surface area contributed by atoms with Crippen LogP contribution in [0.3, 0.4) is 0 Å². The van der Waals surface area contributed by atoms with Crippen LogP contribution >= 0.6 is 11.8 Å². The molecule has 2 aromatic rings. The van der Waals surface area contributed by atoms with Gasteiger partial charge in [0.05, 0.1) is 5.25 Å². The van der Waals surface area contributed by atoms with E-state index in [1.807, 2.05) is 54.6 Å². The first-order valence-electron chi connectivity index (χ1n) is 7.25. The van der Waals surface area contributed by atoms with Gasteiger partial charge in [0.2, 0.25) is 0 Å². The van der Waals surface area contributed by atoms with E-state index >= 15 is 0 Å². The number of aryl methyl sites for hydroxylation is 1. The highest BCUT2D eigenvalue weighted by Crippen LogP contribution is 2.17. The molecule has 0 bridgehead atoms. The third kappa shape index (κ3) is 5.45. The smallest absolute Gasteiger partial charge is 0.316 e. The van der Waals surface area contributed by atoms with Gasteiger partial charge in [-0.15, -0.1) is 11.8 Å². The number of hydrogen-bond donors (Lipinski definition) is 1. The van der Waals surface area contributed by atoms with E-state index < -0.39 is 5.97 Å². The van der Waals surface area contributed by atoms with Gasteiger partial charge < -0.3 is 9.84 Å². The Morgan fingerprint density at radius 3 is 2.41 bits per heavy atom. The van der Waals surface area contributed by atoms with Gasteiger partial charge in [0, 0.05) is 0 Å². The van der Waals surface area contributed by atoms with Gasteiger partial charge in [-0.05, 0) is 42.4 Å². The van der Waals surface area contributed by atoms with Gasteiger partial charge in [-0.25, -0.2) is 0 Å². The maximum Gasteiger partial charge on any atom is 0.316 e. The summed E-state index contributed by atoms with van der Waals surface area (Å²) in [6, 6.07) is 18.0. The van der Waals surface area contributed by atoms with Crippen molar-refractivity contribution >= 4 is 17.7 Å². The summed E-state index contributed by atoms with van der Waals surface area (Å²) >= 11 is 1.46. The van der Waals surface area contributed by atoms with Crippen LogP contribution in [0.1, 0.15) is 18.1 Å². The Morgan fingerprint density at radius 1 is 1.09 bits per heavy atom. The minimum atomic E-state index is -0.755. The zero-order valence-electron chi connectivity index (χ0n) is 12.6. The van der Waals surface area contributed by atoms with Crippen LogP contribution in [-0.4, -0.2) is 22.1 Å². The molecule has 22 heavy (non-hydrogen) atoms. The van der Waals surface area contributed by atoms with Crippen molar-refractivity contribution in [2.75, 3.05) is 5.75 Å². The van der Waals surface area contributed by atoms with E-state index in [0.717, 1.165) is 23.5 Å². The average molecular weight is 316 g/mol. The van der Waals surface area contributed by atoms with Crippen molar-refractivity contribution in [2.24, 2.45) is 0 Å². The maximum absolute atomic E-state index is 10.7. The van der Waals surface area contributed by atoms with Crippen molar-refractivity contribution in [1.29, 1.82) is 0 Å². The zero-order valence-corrected chi connectivity index (χ0v) is 13.4. The molecule has 1 atom stereocenters. The molecule has 0 heterocycles. The van der Waals surface area contributed by atoms with Crippen molar-refractivity contribution in [3.05, 3.63) is 65.7 Å². The second-order valence-electron chi connectivity index (χ2n) is 5.02. The standard InChI is InChI=1S/C18H20O3S/c1-14(18(19)20)22-12-11-15-7-9-17(10-8-15)21-13-16-5-3-2-4-6-16/h2-10,14H,11-13H2,1H3,(H,19,20). The topological polar surface area (TPSA) is 46.5 Å². The Morgan fingerprint density at radius 2 is 1.77 bits per heavy atom. The molecular formula is C18H20O3S. The highest BCUT2D eigenvalue weighted by molar-refractivity contribution is 8.00. The Kier molecular flexibility index (Phi) is 6.34. The van der Waals surface area contributed by atoms with E-state index in [2.05, 4.69) is 0 Å². The second kappa shape index (κ2) is 8.49. The van der Waals surface area contributed by atoms with Crippen LogP contribution in [0.25, 0.3) is 0 Å². The normalized spacial score (nSPS) is 11.9. The van der Waals surface area contributed by atoms with Crippen LogP contribution in [-0.2, 0) is 17.8 Å². The van der Waals surface area contributed by atoms with Gasteiger partial charge in [-0.3, -0.25) is 4.79 Å². The Hall–Kier alpha value is -1.94. The molecule has 0 aliphatic heterocycles. The number of carboxylic acids is 1. The Balaban J connectivity index is 1.76. The molecule has 1 unspecified atom stereocenters. The summed E-state index contributed by atoms with van der Waals surface area (Å²) in [5, 5.41) is 8.48. The molecule has 0 spiro atoms. The summed E-state index contributed by atoms with van der Waals surface area (Å²) in [5.74, 6) is 0.895. The monoisotopic (exact) mass is 316 g/mol. The van der Waals surface area contributed by atoms with E-state index in [-0.39, 0.29) is 5.25 Å². The van der Waals surface area contributed by atoms with Gasteiger partial charge in [-0.2, -0.15) is 0 Å². The van der Waals surface area contributed by atoms with Gasteiger partial charge >= 0.3 is 5.97 Å². The first-order chi connectivity index (χ1) is 10.6. The van der Waals surface area contributed by atoms with Crippen molar-refractivity contribution in [3.8, 4) is 5.75 Å². The van der Waals surface area contributed by atoms with E-state index in [1.165, 1.54) is 17.3 Å². The Bertz CT molecular complexity index is 581. The second-order valence-corrected chi connectivity index (χ2v) is 6.47. The molecule has 2 aromatic carbocycles. The Labute approximate surface area is 135 Å². The SMILES string of the molecule is CC(SCCc1ccc(OCc2ccccc2)cc1)C(=O)O. The first-order valence-corrected chi connectivity index (χ1v) is 8.30. The molecule has 1 N–H and O–H groups in total. The van der Waals surface area contributed by atoms with E-state index in [0.29, 0.717) is 6.61 Å². The summed E-state index contributed by atoms with van der Waals surface area (Å²) in [4.78, 5) is 10.7. The molecule has 0 fully saturated rings. The number of carboxylic acid groups (broad SMARTS) is 1. The average Bonchev–Trinajstić information content (AvgIpc) is 2.55. The third-order valence-electron chi connectivity index (χ3n) is 3.28. The summed E-state index contributed by atoms with van der Waals surface area (Å²) in [7, 11) is 0. The van der Waals surface area contributed by atoms with Gasteiger partial charge in [0.25, 0.3) is 0 Å². The molecule has 0 aromatic heterocycles. The lowest BCUT2D eigenvalue weighted by Gasteiger charge is -2.08. The molecule has 0 aliphatic carbocycles. The van der Waals surface area contributed by atoms with Crippen molar-refractivity contribution in [1.82, 2.24) is 0 Å². The summed E-state index contributed by atoms with van der Waals surface area (Å²) in [6.07, 6.45) is 0.862. The highest BCUT2D eigenvalue weighted by Gasteiger charge is 2.10. The number of ether oxygens (including phenoxy) is 1. The molecule has 0 amide bonds.